The van der Waals surface area contributed by atoms with E-state index in [1.807, 2.05) is 22.6 Å². The van der Waals surface area contributed by atoms with Gasteiger partial charge in [0.25, 0.3) is 5.56 Å². The van der Waals surface area contributed by atoms with Gasteiger partial charge in [-0.1, -0.05) is 0 Å². The van der Waals surface area contributed by atoms with Gasteiger partial charge in [0.2, 0.25) is 0 Å². The molecule has 94 valence electrons. The van der Waals surface area contributed by atoms with Crippen LogP contribution < -0.4 is 10.9 Å². The van der Waals surface area contributed by atoms with Crippen molar-refractivity contribution in [2.75, 3.05) is 5.32 Å². The maximum Gasteiger partial charge on any atom is 0.287 e. The van der Waals surface area contributed by atoms with Crippen molar-refractivity contribution in [3.63, 3.8) is 0 Å². The van der Waals surface area contributed by atoms with Gasteiger partial charge < -0.3 is 5.32 Å². The van der Waals surface area contributed by atoms with Crippen molar-refractivity contribution in [1.29, 1.82) is 0 Å². The second-order valence-corrected chi connectivity index (χ2v) is 4.93. The summed E-state index contributed by atoms with van der Waals surface area (Å²) in [6.45, 7) is 0. The van der Waals surface area contributed by atoms with E-state index in [1.165, 1.54) is 19.2 Å². The number of pyridine rings is 1. The molecule has 1 aromatic heterocycles. The predicted octanol–water partition coefficient (Wildman–Crippen LogP) is 3.01. The zero-order valence-corrected chi connectivity index (χ0v) is 11.5. The van der Waals surface area contributed by atoms with Gasteiger partial charge in [0, 0.05) is 10.6 Å². The Balaban J connectivity index is 2.40. The average Bonchev–Trinajstić information content (AvgIpc) is 2.33. The summed E-state index contributed by atoms with van der Waals surface area (Å²) in [6, 6.07) is 7.09. The second-order valence-electron chi connectivity index (χ2n) is 3.68. The third kappa shape index (κ3) is 2.53. The van der Waals surface area contributed by atoms with Crippen LogP contribution in [0.25, 0.3) is 0 Å². The Morgan fingerprint density at radius 3 is 2.56 bits per heavy atom. The summed E-state index contributed by atoms with van der Waals surface area (Å²) in [5.41, 5.74) is -0.525. The van der Waals surface area contributed by atoms with Crippen LogP contribution in [0, 0.1) is 15.2 Å². The lowest BCUT2D eigenvalue weighted by Gasteiger charge is -2.11. The highest BCUT2D eigenvalue weighted by atomic mass is 127. The molecule has 1 N–H and O–H groups in total. The fraction of sp³-hybridized carbons (Fsp3) is 0.0833. The number of hydrogen-bond acceptors (Lipinski definition) is 2. The first kappa shape index (κ1) is 13.0. The quantitative estimate of drug-likeness (QED) is 0.834. The van der Waals surface area contributed by atoms with Gasteiger partial charge in [-0.25, -0.2) is 8.78 Å². The molecule has 0 spiro atoms. The lowest BCUT2D eigenvalue weighted by Crippen LogP contribution is -2.22. The van der Waals surface area contributed by atoms with E-state index in [0.29, 0.717) is 5.82 Å². The number of benzene rings is 1. The molecule has 3 nitrogen and oxygen atoms in total. The van der Waals surface area contributed by atoms with E-state index in [1.54, 1.807) is 12.1 Å². The van der Waals surface area contributed by atoms with Crippen LogP contribution in [0.4, 0.5) is 20.3 Å². The maximum atomic E-state index is 13.6. The summed E-state index contributed by atoms with van der Waals surface area (Å²) >= 11 is 2.00. The van der Waals surface area contributed by atoms with Crippen LogP contribution in [-0.4, -0.2) is 4.57 Å². The minimum atomic E-state index is -0.842. The van der Waals surface area contributed by atoms with Crippen molar-refractivity contribution in [2.24, 2.45) is 7.05 Å². The minimum Gasteiger partial charge on any atom is -0.339 e. The topological polar surface area (TPSA) is 34.0 Å². The van der Waals surface area contributed by atoms with Crippen LogP contribution in [0.5, 0.6) is 0 Å². The van der Waals surface area contributed by atoms with Crippen LogP contribution in [0.2, 0.25) is 0 Å². The third-order valence-electron chi connectivity index (χ3n) is 2.45. The lowest BCUT2D eigenvalue weighted by atomic mass is 10.3. The van der Waals surface area contributed by atoms with Crippen molar-refractivity contribution in [3.8, 4) is 0 Å². The Hall–Kier alpha value is -1.44. The largest absolute Gasteiger partial charge is 0.339 e. The molecule has 2 rings (SSSR count). The zero-order valence-electron chi connectivity index (χ0n) is 9.38. The molecule has 2 aromatic rings. The molecule has 0 aliphatic carbocycles. The normalized spacial score (nSPS) is 10.4. The molecule has 1 aromatic carbocycles. The fourth-order valence-electron chi connectivity index (χ4n) is 1.46. The number of nitrogens with zero attached hydrogens (tertiary/aromatic N) is 1. The fourth-order valence-corrected chi connectivity index (χ4v) is 1.91. The highest BCUT2D eigenvalue weighted by molar-refractivity contribution is 14.1. The van der Waals surface area contributed by atoms with E-state index < -0.39 is 17.2 Å². The van der Waals surface area contributed by atoms with E-state index in [-0.39, 0.29) is 5.69 Å². The zero-order chi connectivity index (χ0) is 13.3. The molecule has 0 atom stereocenters. The summed E-state index contributed by atoms with van der Waals surface area (Å²) in [7, 11) is 1.42. The summed E-state index contributed by atoms with van der Waals surface area (Å²) in [5.74, 6) is -0.952. The molecule has 0 saturated carbocycles. The number of anilines is 2. The molecule has 6 heteroatoms. The molecule has 0 aliphatic heterocycles. The first-order chi connectivity index (χ1) is 8.49. The van der Waals surface area contributed by atoms with E-state index in [0.717, 1.165) is 14.2 Å². The molecule has 0 fully saturated rings. The minimum absolute atomic E-state index is 0.233. The molecule has 0 saturated heterocycles. The van der Waals surface area contributed by atoms with Crippen LogP contribution in [0.15, 0.2) is 35.1 Å². The van der Waals surface area contributed by atoms with Crippen molar-refractivity contribution >= 4 is 34.1 Å². The van der Waals surface area contributed by atoms with Crippen molar-refractivity contribution in [1.82, 2.24) is 4.57 Å². The van der Waals surface area contributed by atoms with Gasteiger partial charge in [-0.2, -0.15) is 0 Å². The summed E-state index contributed by atoms with van der Waals surface area (Å²) in [6.07, 6.45) is 0. The van der Waals surface area contributed by atoms with E-state index in [2.05, 4.69) is 5.32 Å². The first-order valence-corrected chi connectivity index (χ1v) is 6.14. The maximum absolute atomic E-state index is 13.6. The van der Waals surface area contributed by atoms with Crippen molar-refractivity contribution in [2.45, 2.75) is 0 Å². The number of rotatable bonds is 2. The molecule has 0 radical (unpaired) electrons. The van der Waals surface area contributed by atoms with Crippen LogP contribution in [0.3, 0.4) is 0 Å². The predicted molar refractivity (Wildman–Crippen MR) is 74.0 cm³/mol. The molecule has 0 aliphatic rings. The molecule has 0 unspecified atom stereocenters. The van der Waals surface area contributed by atoms with Crippen LogP contribution >= 0.6 is 22.6 Å². The highest BCUT2D eigenvalue weighted by Crippen LogP contribution is 2.20. The van der Waals surface area contributed by atoms with Gasteiger partial charge >= 0.3 is 0 Å². The monoisotopic (exact) mass is 362 g/mol. The molecule has 0 amide bonds. The Labute approximate surface area is 116 Å². The van der Waals surface area contributed by atoms with E-state index in [9.17, 15) is 13.6 Å². The van der Waals surface area contributed by atoms with Gasteiger partial charge in [0.05, 0.1) is 5.69 Å². The second kappa shape index (κ2) is 5.05. The number of hydrogen-bond donors (Lipinski definition) is 1. The Kier molecular flexibility index (Phi) is 3.65. The Morgan fingerprint density at radius 1 is 1.17 bits per heavy atom. The Morgan fingerprint density at radius 2 is 1.89 bits per heavy atom. The molecular weight excluding hydrogens is 353 g/mol. The van der Waals surface area contributed by atoms with E-state index in [4.69, 9.17) is 0 Å². The number of aromatic nitrogens is 1. The average molecular weight is 362 g/mol. The number of halogens is 3. The van der Waals surface area contributed by atoms with Gasteiger partial charge in [0.1, 0.15) is 11.6 Å². The smallest absolute Gasteiger partial charge is 0.287 e. The van der Waals surface area contributed by atoms with Gasteiger partial charge in [-0.05, 0) is 52.9 Å². The van der Waals surface area contributed by atoms with Gasteiger partial charge in [0.15, 0.2) is 5.82 Å². The SMILES string of the molecule is Cn1c(Nc2ccc(I)cc2F)ccc(F)c1=O. The highest BCUT2D eigenvalue weighted by Gasteiger charge is 2.08. The Bertz CT molecular complexity index is 655. The van der Waals surface area contributed by atoms with Gasteiger partial charge in [-0.15, -0.1) is 0 Å². The van der Waals surface area contributed by atoms with Crippen LogP contribution in [-0.2, 0) is 7.05 Å². The van der Waals surface area contributed by atoms with Gasteiger partial charge in [-0.3, -0.25) is 9.36 Å². The van der Waals surface area contributed by atoms with Crippen molar-refractivity contribution < 1.29 is 8.78 Å². The molecule has 18 heavy (non-hydrogen) atoms. The summed E-state index contributed by atoms with van der Waals surface area (Å²) < 4.78 is 28.5. The molecule has 0 bridgehead atoms. The number of nitrogens with one attached hydrogen (secondary N) is 1. The summed E-state index contributed by atoms with van der Waals surface area (Å²) in [5, 5.41) is 2.75. The summed E-state index contributed by atoms with van der Waals surface area (Å²) in [4.78, 5) is 11.4. The third-order valence-corrected chi connectivity index (χ3v) is 3.12. The van der Waals surface area contributed by atoms with Crippen molar-refractivity contribution in [3.05, 3.63) is 55.9 Å². The standard InChI is InChI=1S/C12H9F2IN2O/c1-17-11(5-3-8(13)12(17)18)16-10-4-2-7(15)6-9(10)14/h2-6,16H,1H3. The van der Waals surface area contributed by atoms with Crippen LogP contribution in [0.1, 0.15) is 0 Å². The van der Waals surface area contributed by atoms with E-state index >= 15 is 0 Å². The molecule has 1 heterocycles. The first-order valence-electron chi connectivity index (χ1n) is 5.06. The lowest BCUT2D eigenvalue weighted by molar-refractivity contribution is 0.592. The molecular formula is C12H9F2IN2O.